The van der Waals surface area contributed by atoms with Gasteiger partial charge in [-0.25, -0.2) is 4.79 Å². The number of esters is 1. The number of nitrogens with zero attached hydrogens (tertiary/aromatic N) is 2. The minimum absolute atomic E-state index is 0.115. The molecule has 1 atom stereocenters. The van der Waals surface area contributed by atoms with E-state index in [9.17, 15) is 19.7 Å². The molecule has 0 aliphatic rings. The van der Waals surface area contributed by atoms with Crippen LogP contribution in [0.3, 0.4) is 0 Å². The molecule has 0 spiro atoms. The Labute approximate surface area is 136 Å². The molecular weight excluding hydrogens is 318 g/mol. The van der Waals surface area contributed by atoms with Gasteiger partial charge in [0, 0.05) is 18.2 Å². The number of nitro groups is 1. The van der Waals surface area contributed by atoms with Crippen molar-refractivity contribution in [2.24, 2.45) is 0 Å². The molecular formula is C15H15N3O6. The van der Waals surface area contributed by atoms with E-state index in [2.05, 4.69) is 10.5 Å². The molecule has 9 heteroatoms. The van der Waals surface area contributed by atoms with Gasteiger partial charge in [-0.15, -0.1) is 0 Å². The summed E-state index contributed by atoms with van der Waals surface area (Å²) in [5.74, 6) is -0.534. The molecule has 0 aliphatic heterocycles. The van der Waals surface area contributed by atoms with Crippen LogP contribution >= 0.6 is 0 Å². The number of benzene rings is 1. The van der Waals surface area contributed by atoms with Crippen molar-refractivity contribution < 1.29 is 23.8 Å². The Morgan fingerprint density at radius 3 is 2.54 bits per heavy atom. The number of anilines is 1. The van der Waals surface area contributed by atoms with Crippen molar-refractivity contribution in [2.75, 3.05) is 5.32 Å². The van der Waals surface area contributed by atoms with E-state index in [-0.39, 0.29) is 23.5 Å². The molecule has 0 aliphatic carbocycles. The molecule has 1 aromatic heterocycles. The number of amides is 1. The Kier molecular flexibility index (Phi) is 5.25. The van der Waals surface area contributed by atoms with Crippen LogP contribution in [0.2, 0.25) is 0 Å². The summed E-state index contributed by atoms with van der Waals surface area (Å²) < 4.78 is 9.98. The third-order valence-corrected chi connectivity index (χ3v) is 3.11. The lowest BCUT2D eigenvalue weighted by Gasteiger charge is -2.15. The first-order valence-electron chi connectivity index (χ1n) is 7.10. The number of nitro benzene ring substituents is 1. The van der Waals surface area contributed by atoms with E-state index in [1.807, 2.05) is 0 Å². The SMILES string of the molecule is CCC(OC(=O)c1ccc([N+](=O)[O-])cc1)C(=O)Nc1cc(C)on1. The molecule has 9 nitrogen and oxygen atoms in total. The lowest BCUT2D eigenvalue weighted by Crippen LogP contribution is -2.32. The zero-order valence-corrected chi connectivity index (χ0v) is 13.0. The Balaban J connectivity index is 2.01. The van der Waals surface area contributed by atoms with Crippen LogP contribution in [0.4, 0.5) is 11.5 Å². The summed E-state index contributed by atoms with van der Waals surface area (Å²) >= 11 is 0. The van der Waals surface area contributed by atoms with Gasteiger partial charge in [-0.2, -0.15) is 0 Å². The van der Waals surface area contributed by atoms with Gasteiger partial charge in [0.1, 0.15) is 5.76 Å². The maximum Gasteiger partial charge on any atom is 0.338 e. The number of hydrogen-bond donors (Lipinski definition) is 1. The molecule has 126 valence electrons. The summed E-state index contributed by atoms with van der Waals surface area (Å²) in [7, 11) is 0. The highest BCUT2D eigenvalue weighted by Crippen LogP contribution is 2.15. The molecule has 1 N–H and O–H groups in total. The molecule has 2 rings (SSSR count). The molecule has 0 bridgehead atoms. The number of rotatable bonds is 6. The third-order valence-electron chi connectivity index (χ3n) is 3.11. The Bertz CT molecular complexity index is 753. The molecule has 2 aromatic rings. The zero-order valence-electron chi connectivity index (χ0n) is 13.0. The summed E-state index contributed by atoms with van der Waals surface area (Å²) in [6.45, 7) is 3.36. The molecule has 1 aromatic carbocycles. The fourth-order valence-corrected chi connectivity index (χ4v) is 1.87. The summed E-state index contributed by atoms with van der Waals surface area (Å²) in [5, 5.41) is 16.7. The second-order valence-corrected chi connectivity index (χ2v) is 4.92. The van der Waals surface area contributed by atoms with Crippen LogP contribution in [-0.4, -0.2) is 28.1 Å². The van der Waals surface area contributed by atoms with E-state index in [0.29, 0.717) is 5.76 Å². The van der Waals surface area contributed by atoms with Crippen molar-refractivity contribution >= 4 is 23.4 Å². The monoisotopic (exact) mass is 333 g/mol. The minimum atomic E-state index is -1.02. The van der Waals surface area contributed by atoms with E-state index < -0.39 is 22.9 Å². The summed E-state index contributed by atoms with van der Waals surface area (Å²) in [4.78, 5) is 34.2. The van der Waals surface area contributed by atoms with E-state index in [4.69, 9.17) is 9.26 Å². The minimum Gasteiger partial charge on any atom is -0.449 e. The van der Waals surface area contributed by atoms with Crippen molar-refractivity contribution in [3.05, 3.63) is 51.8 Å². The zero-order chi connectivity index (χ0) is 17.7. The van der Waals surface area contributed by atoms with Crippen LogP contribution in [0.15, 0.2) is 34.9 Å². The fraction of sp³-hybridized carbons (Fsp3) is 0.267. The quantitative estimate of drug-likeness (QED) is 0.489. The molecule has 1 unspecified atom stereocenters. The van der Waals surface area contributed by atoms with Crippen LogP contribution in [0.5, 0.6) is 0 Å². The van der Waals surface area contributed by atoms with Crippen molar-refractivity contribution in [3.8, 4) is 0 Å². The topological polar surface area (TPSA) is 125 Å². The highest BCUT2D eigenvalue weighted by molar-refractivity contribution is 5.97. The first-order valence-corrected chi connectivity index (χ1v) is 7.10. The number of aryl methyl sites for hydroxylation is 1. The van der Waals surface area contributed by atoms with Crippen molar-refractivity contribution in [3.63, 3.8) is 0 Å². The van der Waals surface area contributed by atoms with Crippen LogP contribution in [0, 0.1) is 17.0 Å². The molecule has 24 heavy (non-hydrogen) atoms. The van der Waals surface area contributed by atoms with Crippen molar-refractivity contribution in [1.82, 2.24) is 5.16 Å². The summed E-state index contributed by atoms with van der Waals surface area (Å²) in [5.41, 5.74) is -0.0260. The average Bonchev–Trinajstić information content (AvgIpc) is 2.97. The highest BCUT2D eigenvalue weighted by Gasteiger charge is 2.23. The van der Waals surface area contributed by atoms with Crippen LogP contribution in [-0.2, 0) is 9.53 Å². The maximum atomic E-state index is 12.1. The lowest BCUT2D eigenvalue weighted by atomic mass is 10.2. The number of nitrogens with one attached hydrogen (secondary N) is 1. The van der Waals surface area contributed by atoms with Gasteiger partial charge in [0.05, 0.1) is 10.5 Å². The van der Waals surface area contributed by atoms with E-state index in [1.54, 1.807) is 13.8 Å². The Morgan fingerprint density at radius 2 is 2.04 bits per heavy atom. The second-order valence-electron chi connectivity index (χ2n) is 4.92. The second kappa shape index (κ2) is 7.36. The molecule has 0 saturated heterocycles. The van der Waals surface area contributed by atoms with Crippen LogP contribution in [0.25, 0.3) is 0 Å². The van der Waals surface area contributed by atoms with Gasteiger partial charge in [-0.1, -0.05) is 12.1 Å². The van der Waals surface area contributed by atoms with Crippen LogP contribution < -0.4 is 5.32 Å². The largest absolute Gasteiger partial charge is 0.449 e. The third kappa shape index (κ3) is 4.15. The van der Waals surface area contributed by atoms with Gasteiger partial charge < -0.3 is 14.6 Å². The number of hydrogen-bond acceptors (Lipinski definition) is 7. The van der Waals surface area contributed by atoms with E-state index >= 15 is 0 Å². The van der Waals surface area contributed by atoms with Gasteiger partial charge >= 0.3 is 5.97 Å². The van der Waals surface area contributed by atoms with E-state index in [0.717, 1.165) is 0 Å². The number of carbonyl (C=O) groups is 2. The van der Waals surface area contributed by atoms with Crippen molar-refractivity contribution in [1.29, 1.82) is 0 Å². The van der Waals surface area contributed by atoms with Gasteiger partial charge in [0.25, 0.3) is 11.6 Å². The average molecular weight is 333 g/mol. The highest BCUT2D eigenvalue weighted by atomic mass is 16.6. The predicted molar refractivity (Wildman–Crippen MR) is 82.5 cm³/mol. The first-order chi connectivity index (χ1) is 11.4. The Hall–Kier alpha value is -3.23. The van der Waals surface area contributed by atoms with Gasteiger partial charge in [-0.3, -0.25) is 14.9 Å². The normalized spacial score (nSPS) is 11.6. The molecule has 0 saturated carbocycles. The molecule has 0 radical (unpaired) electrons. The molecule has 0 fully saturated rings. The first kappa shape index (κ1) is 17.1. The number of ether oxygens (including phenoxy) is 1. The standard InChI is InChI=1S/C15H15N3O6/c1-3-12(14(19)16-13-8-9(2)24-17-13)23-15(20)10-4-6-11(7-5-10)18(21)22/h4-8,12H,3H2,1-2H3,(H,16,17,19). The van der Waals surface area contributed by atoms with E-state index in [1.165, 1.54) is 30.3 Å². The van der Waals surface area contributed by atoms with Crippen LogP contribution in [0.1, 0.15) is 29.5 Å². The molecule has 1 heterocycles. The predicted octanol–water partition coefficient (Wildman–Crippen LogP) is 2.47. The Morgan fingerprint density at radius 1 is 1.38 bits per heavy atom. The molecule has 1 amide bonds. The van der Waals surface area contributed by atoms with Gasteiger partial charge in [0.15, 0.2) is 11.9 Å². The lowest BCUT2D eigenvalue weighted by molar-refractivity contribution is -0.384. The smallest absolute Gasteiger partial charge is 0.338 e. The number of aromatic nitrogens is 1. The van der Waals surface area contributed by atoms with Gasteiger partial charge in [0.2, 0.25) is 0 Å². The number of non-ortho nitro benzene ring substituents is 1. The van der Waals surface area contributed by atoms with Crippen molar-refractivity contribution in [2.45, 2.75) is 26.4 Å². The van der Waals surface area contributed by atoms with Gasteiger partial charge in [-0.05, 0) is 25.5 Å². The summed E-state index contributed by atoms with van der Waals surface area (Å²) in [6, 6.07) is 6.45. The summed E-state index contributed by atoms with van der Waals surface area (Å²) in [6.07, 6.45) is -0.772. The maximum absolute atomic E-state index is 12.1. The fourth-order valence-electron chi connectivity index (χ4n) is 1.87. The number of carbonyl (C=O) groups excluding carboxylic acids is 2.